The maximum atomic E-state index is 9.98. The van der Waals surface area contributed by atoms with Crippen LogP contribution in [0.25, 0.3) is 6.08 Å². The van der Waals surface area contributed by atoms with Crippen LogP contribution in [0.1, 0.15) is 18.1 Å². The van der Waals surface area contributed by atoms with E-state index in [0.717, 1.165) is 16.8 Å². The molecule has 0 spiro atoms. The zero-order chi connectivity index (χ0) is 23.8. The summed E-state index contributed by atoms with van der Waals surface area (Å²) in [6, 6.07) is 22.9. The Labute approximate surface area is 199 Å². The first-order chi connectivity index (χ1) is 16.0. The van der Waals surface area contributed by atoms with Crippen molar-refractivity contribution < 1.29 is 9.47 Å². The minimum Gasteiger partial charge on any atom is -0.493 e. The number of nitrogens with zero attached hydrogens (tertiary/aromatic N) is 2. The lowest BCUT2D eigenvalue weighted by Gasteiger charge is -2.28. The van der Waals surface area contributed by atoms with Crippen molar-refractivity contribution in [3.63, 3.8) is 0 Å². The van der Waals surface area contributed by atoms with Crippen molar-refractivity contribution in [2.45, 2.75) is 13.5 Å². The van der Waals surface area contributed by atoms with Gasteiger partial charge in [-0.1, -0.05) is 48.5 Å². The highest BCUT2D eigenvalue weighted by Crippen LogP contribution is 2.33. The Kier molecular flexibility index (Phi) is 8.01. The highest BCUT2D eigenvalue weighted by molar-refractivity contribution is 6.30. The van der Waals surface area contributed by atoms with Crippen LogP contribution in [-0.4, -0.2) is 13.7 Å². The Balaban J connectivity index is 2.00. The number of hydrogen-bond donors (Lipinski definition) is 1. The van der Waals surface area contributed by atoms with Crippen LogP contribution in [-0.2, 0) is 6.54 Å². The Hall–Kier alpha value is -3.88. The van der Waals surface area contributed by atoms with E-state index in [-0.39, 0.29) is 0 Å². The molecule has 33 heavy (non-hydrogen) atoms. The Morgan fingerprint density at radius 1 is 1.12 bits per heavy atom. The largest absolute Gasteiger partial charge is 0.493 e. The van der Waals surface area contributed by atoms with E-state index in [2.05, 4.69) is 12.6 Å². The predicted octanol–water partition coefficient (Wildman–Crippen LogP) is 6.46. The summed E-state index contributed by atoms with van der Waals surface area (Å²) in [5.41, 5.74) is 10.4. The molecule has 0 unspecified atom stereocenters. The number of halogens is 1. The average molecular weight is 460 g/mol. The minimum atomic E-state index is 0.401. The molecule has 0 bridgehead atoms. The summed E-state index contributed by atoms with van der Waals surface area (Å²) in [5.74, 6) is 1.25. The van der Waals surface area contributed by atoms with Gasteiger partial charge in [0.2, 0.25) is 0 Å². The van der Waals surface area contributed by atoms with Gasteiger partial charge in [0.05, 0.1) is 36.4 Å². The molecule has 3 aromatic rings. The number of para-hydroxylation sites is 2. The molecule has 5 nitrogen and oxygen atoms in total. The van der Waals surface area contributed by atoms with Crippen molar-refractivity contribution in [1.82, 2.24) is 0 Å². The van der Waals surface area contributed by atoms with E-state index < -0.39 is 0 Å². The molecule has 3 aromatic carbocycles. The third-order valence-corrected chi connectivity index (χ3v) is 5.29. The van der Waals surface area contributed by atoms with Gasteiger partial charge in [0, 0.05) is 11.6 Å². The van der Waals surface area contributed by atoms with Gasteiger partial charge in [-0.2, -0.15) is 5.26 Å². The van der Waals surface area contributed by atoms with Gasteiger partial charge in [0.25, 0.3) is 0 Å². The summed E-state index contributed by atoms with van der Waals surface area (Å²) in [5, 5.41) is 10.6. The van der Waals surface area contributed by atoms with Crippen molar-refractivity contribution in [2.75, 3.05) is 24.4 Å². The van der Waals surface area contributed by atoms with E-state index in [0.29, 0.717) is 46.6 Å². The molecule has 0 amide bonds. The first-order valence-corrected chi connectivity index (χ1v) is 10.8. The smallest absolute Gasteiger partial charge is 0.161 e. The van der Waals surface area contributed by atoms with Crippen LogP contribution in [0.5, 0.6) is 11.5 Å². The van der Waals surface area contributed by atoms with Gasteiger partial charge in [-0.25, -0.2) is 0 Å². The number of benzene rings is 3. The Morgan fingerprint density at radius 2 is 1.85 bits per heavy atom. The maximum Gasteiger partial charge on any atom is 0.161 e. The van der Waals surface area contributed by atoms with Crippen molar-refractivity contribution >= 4 is 29.1 Å². The molecule has 6 heteroatoms. The molecule has 168 valence electrons. The SMILES string of the molecule is C=C(/C(C#N)=C/c1ccc(OCC)c(OC)c1)N(Cc1ccc(Cl)cc1)c1ccccc1N. The average Bonchev–Trinajstić information content (AvgIpc) is 2.83. The number of anilines is 2. The van der Waals surface area contributed by atoms with Gasteiger partial charge in [-0.15, -0.1) is 0 Å². The van der Waals surface area contributed by atoms with E-state index in [1.165, 1.54) is 0 Å². The number of ether oxygens (including phenoxy) is 2. The lowest BCUT2D eigenvalue weighted by molar-refractivity contribution is 0.311. The summed E-state index contributed by atoms with van der Waals surface area (Å²) in [4.78, 5) is 1.93. The fraction of sp³-hybridized carbons (Fsp3) is 0.148. The molecule has 0 fully saturated rings. The maximum absolute atomic E-state index is 9.98. The molecule has 0 aromatic heterocycles. The molecular formula is C27H26ClN3O2. The number of rotatable bonds is 9. The first-order valence-electron chi connectivity index (χ1n) is 10.4. The molecule has 0 heterocycles. The molecule has 0 aliphatic carbocycles. The zero-order valence-electron chi connectivity index (χ0n) is 18.7. The number of hydrogen-bond acceptors (Lipinski definition) is 5. The fourth-order valence-electron chi connectivity index (χ4n) is 3.37. The van der Waals surface area contributed by atoms with Crippen molar-refractivity contribution in [3.05, 3.63) is 101 Å². The van der Waals surface area contributed by atoms with Crippen LogP contribution < -0.4 is 20.1 Å². The topological polar surface area (TPSA) is 71.5 Å². The Morgan fingerprint density at radius 3 is 2.48 bits per heavy atom. The Bertz CT molecular complexity index is 1200. The van der Waals surface area contributed by atoms with E-state index in [1.807, 2.05) is 78.6 Å². The van der Waals surface area contributed by atoms with Gasteiger partial charge in [0.15, 0.2) is 11.5 Å². The molecule has 0 saturated heterocycles. The summed E-state index contributed by atoms with van der Waals surface area (Å²) < 4.78 is 11.0. The van der Waals surface area contributed by atoms with Crippen LogP contribution in [0.4, 0.5) is 11.4 Å². The monoisotopic (exact) mass is 459 g/mol. The van der Waals surface area contributed by atoms with Crippen molar-refractivity contribution in [2.24, 2.45) is 0 Å². The lowest BCUT2D eigenvalue weighted by Crippen LogP contribution is -2.23. The van der Waals surface area contributed by atoms with Crippen LogP contribution in [0.3, 0.4) is 0 Å². The molecule has 0 atom stereocenters. The van der Waals surface area contributed by atoms with Crippen LogP contribution in [0.15, 0.2) is 84.6 Å². The number of allylic oxidation sites excluding steroid dienone is 1. The van der Waals surface area contributed by atoms with Gasteiger partial charge < -0.3 is 20.1 Å². The van der Waals surface area contributed by atoms with E-state index in [9.17, 15) is 5.26 Å². The normalized spacial score (nSPS) is 10.9. The second-order valence-corrected chi connectivity index (χ2v) is 7.67. The van der Waals surface area contributed by atoms with E-state index in [4.69, 9.17) is 26.8 Å². The standard InChI is InChI=1S/C27H26ClN3O2/c1-4-33-26-14-11-21(16-27(26)32-3)15-22(17-29)19(2)31(25-8-6-5-7-24(25)30)18-20-9-12-23(28)13-10-20/h5-16H,2,4,18,30H2,1,3H3/b22-15+. The van der Waals surface area contributed by atoms with Gasteiger partial charge >= 0.3 is 0 Å². The summed E-state index contributed by atoms with van der Waals surface area (Å²) >= 11 is 6.05. The molecule has 0 aliphatic heterocycles. The van der Waals surface area contributed by atoms with E-state index >= 15 is 0 Å². The highest BCUT2D eigenvalue weighted by Gasteiger charge is 2.17. The summed E-state index contributed by atoms with van der Waals surface area (Å²) in [6.07, 6.45) is 1.77. The number of nitrogen functional groups attached to an aromatic ring is 1. The second kappa shape index (κ2) is 11.1. The second-order valence-electron chi connectivity index (χ2n) is 7.23. The predicted molar refractivity (Wildman–Crippen MR) is 135 cm³/mol. The first kappa shape index (κ1) is 23.8. The molecular weight excluding hydrogens is 434 g/mol. The number of methoxy groups -OCH3 is 1. The number of nitriles is 1. The van der Waals surface area contributed by atoms with E-state index in [1.54, 1.807) is 13.2 Å². The molecule has 0 aliphatic rings. The van der Waals surface area contributed by atoms with Crippen molar-refractivity contribution in [3.8, 4) is 17.6 Å². The molecule has 2 N–H and O–H groups in total. The highest BCUT2D eigenvalue weighted by atomic mass is 35.5. The lowest BCUT2D eigenvalue weighted by atomic mass is 10.1. The van der Waals surface area contributed by atoms with Gasteiger partial charge in [-0.3, -0.25) is 0 Å². The van der Waals surface area contributed by atoms with Crippen molar-refractivity contribution in [1.29, 1.82) is 5.26 Å². The van der Waals surface area contributed by atoms with Crippen LogP contribution >= 0.6 is 11.6 Å². The molecule has 0 saturated carbocycles. The third kappa shape index (κ3) is 5.88. The summed E-state index contributed by atoms with van der Waals surface area (Å²) in [7, 11) is 1.58. The zero-order valence-corrected chi connectivity index (χ0v) is 19.5. The van der Waals surface area contributed by atoms with Gasteiger partial charge in [-0.05, 0) is 60.5 Å². The quantitative estimate of drug-likeness (QED) is 0.226. The van der Waals surface area contributed by atoms with Gasteiger partial charge in [0.1, 0.15) is 6.07 Å². The fourth-order valence-corrected chi connectivity index (χ4v) is 3.50. The third-order valence-electron chi connectivity index (χ3n) is 5.04. The summed E-state index contributed by atoms with van der Waals surface area (Å²) in [6.45, 7) is 7.15. The minimum absolute atomic E-state index is 0.401. The van der Waals surface area contributed by atoms with Crippen LogP contribution in [0.2, 0.25) is 5.02 Å². The molecule has 0 radical (unpaired) electrons. The van der Waals surface area contributed by atoms with Crippen LogP contribution in [0, 0.1) is 11.3 Å². The number of nitrogens with two attached hydrogens (primary N) is 1. The molecule has 3 rings (SSSR count).